The molecule has 7 nitrogen and oxygen atoms in total. The van der Waals surface area contributed by atoms with Crippen molar-refractivity contribution in [2.24, 2.45) is 0 Å². The summed E-state index contributed by atoms with van der Waals surface area (Å²) in [6.45, 7) is 5.80. The van der Waals surface area contributed by atoms with Crippen LogP contribution >= 0.6 is 0 Å². The van der Waals surface area contributed by atoms with Crippen molar-refractivity contribution in [1.82, 2.24) is 4.98 Å². The Balaban J connectivity index is 1.85. The van der Waals surface area contributed by atoms with E-state index in [-0.39, 0.29) is 24.5 Å². The number of nitrogens with zero attached hydrogens (tertiary/aromatic N) is 2. The molecule has 1 aromatic carbocycles. The highest BCUT2D eigenvalue weighted by Crippen LogP contribution is 2.34. The maximum absolute atomic E-state index is 13.1. The van der Waals surface area contributed by atoms with Crippen molar-refractivity contribution in [3.8, 4) is 5.75 Å². The molecule has 1 aromatic heterocycles. The maximum Gasteiger partial charge on any atom is 0.338 e. The summed E-state index contributed by atoms with van der Waals surface area (Å²) in [4.78, 5) is 30.5. The van der Waals surface area contributed by atoms with Gasteiger partial charge in [0.05, 0.1) is 25.5 Å². The smallest absolute Gasteiger partial charge is 0.338 e. The van der Waals surface area contributed by atoms with Gasteiger partial charge in [-0.05, 0) is 51.1 Å². The van der Waals surface area contributed by atoms with Crippen molar-refractivity contribution >= 4 is 17.6 Å². The Labute approximate surface area is 178 Å². The number of carbonyl (C=O) groups is 2. The number of benzene rings is 1. The molecule has 1 unspecified atom stereocenters. The number of alkyl halides is 2. The topological polar surface area (TPSA) is 78.0 Å². The van der Waals surface area contributed by atoms with E-state index >= 15 is 0 Å². The molecule has 0 N–H and O–H groups in total. The fourth-order valence-electron chi connectivity index (χ4n) is 3.15. The monoisotopic (exact) mass is 434 g/mol. The summed E-state index contributed by atoms with van der Waals surface area (Å²) in [7, 11) is 1.36. The second kappa shape index (κ2) is 8.97. The van der Waals surface area contributed by atoms with Gasteiger partial charge in [-0.15, -0.1) is 0 Å². The van der Waals surface area contributed by atoms with E-state index in [9.17, 15) is 18.4 Å². The second-order valence-electron chi connectivity index (χ2n) is 7.94. The van der Waals surface area contributed by atoms with E-state index in [4.69, 9.17) is 14.2 Å². The van der Waals surface area contributed by atoms with E-state index < -0.39 is 35.7 Å². The average molecular weight is 434 g/mol. The molecule has 1 aliphatic heterocycles. The van der Waals surface area contributed by atoms with Gasteiger partial charge in [0, 0.05) is 17.8 Å². The van der Waals surface area contributed by atoms with E-state index in [2.05, 4.69) is 4.98 Å². The number of morpholine rings is 1. The molecule has 0 spiro atoms. The number of hydrogen-bond acceptors (Lipinski definition) is 6. The van der Waals surface area contributed by atoms with Crippen molar-refractivity contribution in [3.63, 3.8) is 0 Å². The Morgan fingerprint density at radius 1 is 1.26 bits per heavy atom. The minimum Gasteiger partial charge on any atom is -0.495 e. The molecule has 2 aromatic rings. The lowest BCUT2D eigenvalue weighted by molar-refractivity contribution is -0.134. The predicted molar refractivity (Wildman–Crippen MR) is 108 cm³/mol. The zero-order valence-electron chi connectivity index (χ0n) is 17.7. The first-order chi connectivity index (χ1) is 14.6. The SMILES string of the molecule is COc1cnc(C(F)F)cc1C1OCCN(c2ccc(C(=O)OC(C)(C)C)cc2)C1=O. The van der Waals surface area contributed by atoms with Gasteiger partial charge in [0.2, 0.25) is 0 Å². The van der Waals surface area contributed by atoms with Gasteiger partial charge in [0.25, 0.3) is 12.3 Å². The second-order valence-corrected chi connectivity index (χ2v) is 7.94. The third kappa shape index (κ3) is 5.16. The van der Waals surface area contributed by atoms with Crippen LogP contribution in [0, 0.1) is 0 Å². The van der Waals surface area contributed by atoms with Crippen LogP contribution in [-0.2, 0) is 14.3 Å². The minimum absolute atomic E-state index is 0.185. The molecule has 1 saturated heterocycles. The van der Waals surface area contributed by atoms with Crippen LogP contribution in [0.2, 0.25) is 0 Å². The lowest BCUT2D eigenvalue weighted by atomic mass is 10.0. The third-order valence-electron chi connectivity index (χ3n) is 4.55. The predicted octanol–water partition coefficient (Wildman–Crippen LogP) is 4.09. The fourth-order valence-corrected chi connectivity index (χ4v) is 3.15. The number of pyridine rings is 1. The van der Waals surface area contributed by atoms with Crippen LogP contribution in [0.5, 0.6) is 5.75 Å². The van der Waals surface area contributed by atoms with Crippen LogP contribution in [0.1, 0.15) is 54.9 Å². The first-order valence-corrected chi connectivity index (χ1v) is 9.69. The number of rotatable bonds is 5. The number of anilines is 1. The normalized spacial score (nSPS) is 17.1. The molecule has 1 fully saturated rings. The van der Waals surface area contributed by atoms with Crippen molar-refractivity contribution < 1.29 is 32.6 Å². The zero-order valence-corrected chi connectivity index (χ0v) is 17.7. The first kappa shape index (κ1) is 22.6. The summed E-state index contributed by atoms with van der Waals surface area (Å²) < 4.78 is 42.4. The quantitative estimate of drug-likeness (QED) is 0.660. The number of halogens is 2. The Bertz CT molecular complexity index is 957. The molecule has 0 aliphatic carbocycles. The fraction of sp³-hybridized carbons (Fsp3) is 0.409. The van der Waals surface area contributed by atoms with Gasteiger partial charge in [-0.1, -0.05) is 0 Å². The van der Waals surface area contributed by atoms with Crippen LogP contribution in [-0.4, -0.2) is 42.7 Å². The third-order valence-corrected chi connectivity index (χ3v) is 4.55. The van der Waals surface area contributed by atoms with Gasteiger partial charge < -0.3 is 19.1 Å². The first-order valence-electron chi connectivity index (χ1n) is 9.69. The molecule has 0 saturated carbocycles. The molecule has 1 amide bonds. The maximum atomic E-state index is 13.1. The van der Waals surface area contributed by atoms with E-state index in [0.717, 1.165) is 12.3 Å². The number of ether oxygens (including phenoxy) is 3. The molecule has 9 heteroatoms. The van der Waals surface area contributed by atoms with Crippen LogP contribution in [0.4, 0.5) is 14.5 Å². The molecule has 0 radical (unpaired) electrons. The van der Waals surface area contributed by atoms with Gasteiger partial charge in [-0.3, -0.25) is 9.78 Å². The Morgan fingerprint density at radius 3 is 2.52 bits per heavy atom. The van der Waals surface area contributed by atoms with Crippen molar-refractivity contribution in [1.29, 1.82) is 0 Å². The Kier molecular flexibility index (Phi) is 6.54. The number of hydrogen-bond donors (Lipinski definition) is 0. The van der Waals surface area contributed by atoms with Crippen LogP contribution in [0.15, 0.2) is 36.5 Å². The highest BCUT2D eigenvalue weighted by atomic mass is 19.3. The van der Waals surface area contributed by atoms with Crippen LogP contribution in [0.25, 0.3) is 0 Å². The van der Waals surface area contributed by atoms with E-state index in [1.807, 2.05) is 0 Å². The van der Waals surface area contributed by atoms with Gasteiger partial charge in [0.1, 0.15) is 17.0 Å². The number of amides is 1. The Hall–Kier alpha value is -3.07. The molecule has 166 valence electrons. The number of aromatic nitrogens is 1. The number of methoxy groups -OCH3 is 1. The summed E-state index contributed by atoms with van der Waals surface area (Å²) in [6.07, 6.45) is -2.75. The molecule has 2 heterocycles. The lowest BCUT2D eigenvalue weighted by Crippen LogP contribution is -2.43. The Morgan fingerprint density at radius 2 is 1.94 bits per heavy atom. The van der Waals surface area contributed by atoms with E-state index in [1.165, 1.54) is 12.0 Å². The number of esters is 1. The van der Waals surface area contributed by atoms with Crippen molar-refractivity contribution in [2.45, 2.75) is 38.9 Å². The van der Waals surface area contributed by atoms with Crippen molar-refractivity contribution in [3.05, 3.63) is 53.3 Å². The summed E-state index contributed by atoms with van der Waals surface area (Å²) in [5.74, 6) is -0.711. The van der Waals surface area contributed by atoms with E-state index in [1.54, 1.807) is 45.0 Å². The summed E-state index contributed by atoms with van der Waals surface area (Å²) in [5.41, 5.74) is 0.00374. The molecule has 0 bridgehead atoms. The summed E-state index contributed by atoms with van der Waals surface area (Å²) in [6, 6.07) is 7.54. The largest absolute Gasteiger partial charge is 0.495 e. The average Bonchev–Trinajstić information content (AvgIpc) is 2.72. The number of carbonyl (C=O) groups excluding carboxylic acids is 2. The highest BCUT2D eigenvalue weighted by molar-refractivity contribution is 5.98. The van der Waals surface area contributed by atoms with Gasteiger partial charge in [-0.2, -0.15) is 0 Å². The summed E-state index contributed by atoms with van der Waals surface area (Å²) >= 11 is 0. The summed E-state index contributed by atoms with van der Waals surface area (Å²) in [5, 5.41) is 0. The van der Waals surface area contributed by atoms with Crippen LogP contribution in [0.3, 0.4) is 0 Å². The molecule has 3 rings (SSSR count). The molecular formula is C22H24F2N2O5. The van der Waals surface area contributed by atoms with Gasteiger partial charge in [-0.25, -0.2) is 13.6 Å². The highest BCUT2D eigenvalue weighted by Gasteiger charge is 2.34. The molecule has 1 atom stereocenters. The zero-order chi connectivity index (χ0) is 22.8. The van der Waals surface area contributed by atoms with Gasteiger partial charge in [0.15, 0.2) is 6.10 Å². The van der Waals surface area contributed by atoms with E-state index in [0.29, 0.717) is 11.3 Å². The standard InChI is InChI=1S/C22H24F2N2O5/c1-22(2,3)31-21(28)13-5-7-14(8-6-13)26-9-10-30-18(20(26)27)15-11-16(19(23)24)25-12-17(15)29-4/h5-8,11-12,18-19H,9-10H2,1-4H3. The van der Waals surface area contributed by atoms with Crippen molar-refractivity contribution in [2.75, 3.05) is 25.2 Å². The molecule has 1 aliphatic rings. The van der Waals surface area contributed by atoms with Gasteiger partial charge >= 0.3 is 5.97 Å². The lowest BCUT2D eigenvalue weighted by Gasteiger charge is -2.33. The molecule has 31 heavy (non-hydrogen) atoms. The van der Waals surface area contributed by atoms with Crippen LogP contribution < -0.4 is 9.64 Å². The molecular weight excluding hydrogens is 410 g/mol. The minimum atomic E-state index is -2.79.